The maximum Gasteiger partial charge on any atom is 0.306 e. The number of epoxide rings is 1. The first-order chi connectivity index (χ1) is 6.87. The third kappa shape index (κ3) is 4.47. The molecule has 86 valence electrons. The SMILES string of the molecule is C=CCOC(=O)CC(C)(C)CC1(C)CO1. The molecule has 0 bridgehead atoms. The number of rotatable bonds is 6. The Morgan fingerprint density at radius 1 is 1.67 bits per heavy atom. The Hall–Kier alpha value is -0.830. The first kappa shape index (κ1) is 12.2. The second-order valence-electron chi connectivity index (χ2n) is 5.23. The fourth-order valence-corrected chi connectivity index (χ4v) is 1.89. The molecule has 0 aromatic heterocycles. The van der Waals surface area contributed by atoms with Crippen LogP contribution in [0.5, 0.6) is 0 Å². The maximum atomic E-state index is 11.4. The van der Waals surface area contributed by atoms with Crippen molar-refractivity contribution in [3.63, 3.8) is 0 Å². The van der Waals surface area contributed by atoms with Crippen LogP contribution >= 0.6 is 0 Å². The van der Waals surface area contributed by atoms with Crippen molar-refractivity contribution < 1.29 is 14.3 Å². The van der Waals surface area contributed by atoms with E-state index >= 15 is 0 Å². The summed E-state index contributed by atoms with van der Waals surface area (Å²) in [5, 5.41) is 0. The number of ether oxygens (including phenoxy) is 2. The topological polar surface area (TPSA) is 38.8 Å². The summed E-state index contributed by atoms with van der Waals surface area (Å²) < 4.78 is 10.3. The van der Waals surface area contributed by atoms with E-state index in [1.807, 2.05) is 0 Å². The van der Waals surface area contributed by atoms with Gasteiger partial charge in [0, 0.05) is 0 Å². The third-order valence-electron chi connectivity index (χ3n) is 2.47. The van der Waals surface area contributed by atoms with E-state index in [2.05, 4.69) is 27.4 Å². The summed E-state index contributed by atoms with van der Waals surface area (Å²) in [4.78, 5) is 11.4. The molecule has 0 aromatic rings. The molecule has 0 N–H and O–H groups in total. The predicted octanol–water partition coefficient (Wildman–Crippen LogP) is 2.31. The van der Waals surface area contributed by atoms with Crippen molar-refractivity contribution in [2.75, 3.05) is 13.2 Å². The van der Waals surface area contributed by atoms with Crippen molar-refractivity contribution in [3.8, 4) is 0 Å². The van der Waals surface area contributed by atoms with E-state index in [9.17, 15) is 4.79 Å². The van der Waals surface area contributed by atoms with Crippen LogP contribution in [0.4, 0.5) is 0 Å². The molecule has 1 atom stereocenters. The van der Waals surface area contributed by atoms with Gasteiger partial charge in [-0.05, 0) is 18.8 Å². The van der Waals surface area contributed by atoms with Gasteiger partial charge in [0.05, 0.1) is 18.6 Å². The van der Waals surface area contributed by atoms with Crippen LogP contribution in [0, 0.1) is 5.41 Å². The van der Waals surface area contributed by atoms with Gasteiger partial charge < -0.3 is 9.47 Å². The molecule has 1 rings (SSSR count). The second-order valence-corrected chi connectivity index (χ2v) is 5.23. The largest absolute Gasteiger partial charge is 0.461 e. The predicted molar refractivity (Wildman–Crippen MR) is 58.5 cm³/mol. The maximum absolute atomic E-state index is 11.4. The molecule has 1 unspecified atom stereocenters. The van der Waals surface area contributed by atoms with Gasteiger partial charge in [0.2, 0.25) is 0 Å². The Balaban J connectivity index is 2.34. The van der Waals surface area contributed by atoms with Crippen molar-refractivity contribution in [1.82, 2.24) is 0 Å². The number of hydrogen-bond donors (Lipinski definition) is 0. The smallest absolute Gasteiger partial charge is 0.306 e. The molecule has 0 spiro atoms. The monoisotopic (exact) mass is 212 g/mol. The molecule has 0 saturated carbocycles. The second kappa shape index (κ2) is 4.35. The van der Waals surface area contributed by atoms with E-state index in [1.54, 1.807) is 6.08 Å². The van der Waals surface area contributed by atoms with Crippen molar-refractivity contribution in [2.45, 2.75) is 39.2 Å². The lowest BCUT2D eigenvalue weighted by molar-refractivity contribution is -0.144. The number of hydrogen-bond acceptors (Lipinski definition) is 3. The standard InChI is InChI=1S/C12H20O3/c1-5-6-14-10(13)7-11(2,3)8-12(4)9-15-12/h5H,1,6-9H2,2-4H3. The highest BCUT2D eigenvalue weighted by Gasteiger charge is 2.44. The Labute approximate surface area is 91.4 Å². The molecule has 15 heavy (non-hydrogen) atoms. The van der Waals surface area contributed by atoms with Gasteiger partial charge in [-0.3, -0.25) is 4.79 Å². The summed E-state index contributed by atoms with van der Waals surface area (Å²) in [6.45, 7) is 10.8. The summed E-state index contributed by atoms with van der Waals surface area (Å²) in [7, 11) is 0. The molecule has 0 aliphatic carbocycles. The van der Waals surface area contributed by atoms with Crippen LogP contribution in [-0.4, -0.2) is 24.8 Å². The van der Waals surface area contributed by atoms with Crippen LogP contribution in [0.1, 0.15) is 33.6 Å². The van der Waals surface area contributed by atoms with E-state index in [1.165, 1.54) is 0 Å². The molecule has 1 heterocycles. The minimum Gasteiger partial charge on any atom is -0.461 e. The highest BCUT2D eigenvalue weighted by atomic mass is 16.6. The average Bonchev–Trinajstić information content (AvgIpc) is 2.77. The quantitative estimate of drug-likeness (QED) is 0.385. The Morgan fingerprint density at radius 3 is 2.73 bits per heavy atom. The number of carbonyl (C=O) groups excluding carboxylic acids is 1. The van der Waals surface area contributed by atoms with Gasteiger partial charge in [0.1, 0.15) is 6.61 Å². The van der Waals surface area contributed by atoms with Crippen LogP contribution in [-0.2, 0) is 14.3 Å². The van der Waals surface area contributed by atoms with Gasteiger partial charge in [-0.15, -0.1) is 0 Å². The zero-order valence-electron chi connectivity index (χ0n) is 9.84. The highest BCUT2D eigenvalue weighted by molar-refractivity contribution is 5.70. The molecular formula is C12H20O3. The van der Waals surface area contributed by atoms with E-state index in [0.29, 0.717) is 13.0 Å². The summed E-state index contributed by atoms with van der Waals surface area (Å²) in [6, 6.07) is 0. The molecule has 1 saturated heterocycles. The molecule has 0 aromatic carbocycles. The van der Waals surface area contributed by atoms with Crippen LogP contribution in [0.15, 0.2) is 12.7 Å². The summed E-state index contributed by atoms with van der Waals surface area (Å²) >= 11 is 0. The van der Waals surface area contributed by atoms with Gasteiger partial charge in [-0.2, -0.15) is 0 Å². The van der Waals surface area contributed by atoms with Crippen molar-refractivity contribution in [2.24, 2.45) is 5.41 Å². The minimum atomic E-state index is -0.163. The van der Waals surface area contributed by atoms with Crippen molar-refractivity contribution >= 4 is 5.97 Å². The van der Waals surface area contributed by atoms with Crippen molar-refractivity contribution in [1.29, 1.82) is 0 Å². The number of carbonyl (C=O) groups is 1. The van der Waals surface area contributed by atoms with E-state index in [0.717, 1.165) is 13.0 Å². The number of esters is 1. The van der Waals surface area contributed by atoms with Crippen LogP contribution < -0.4 is 0 Å². The molecular weight excluding hydrogens is 192 g/mol. The van der Waals surface area contributed by atoms with E-state index < -0.39 is 0 Å². The Bertz CT molecular complexity index is 252. The third-order valence-corrected chi connectivity index (χ3v) is 2.47. The highest BCUT2D eigenvalue weighted by Crippen LogP contribution is 2.40. The molecule has 1 fully saturated rings. The molecule has 0 radical (unpaired) electrons. The normalized spacial score (nSPS) is 24.7. The summed E-state index contributed by atoms with van der Waals surface area (Å²) in [5.41, 5.74) is -0.0777. The molecule has 3 nitrogen and oxygen atoms in total. The lowest BCUT2D eigenvalue weighted by atomic mass is 9.81. The van der Waals surface area contributed by atoms with Crippen LogP contribution in [0.25, 0.3) is 0 Å². The first-order valence-corrected chi connectivity index (χ1v) is 5.27. The average molecular weight is 212 g/mol. The molecule has 3 heteroatoms. The van der Waals surface area contributed by atoms with Gasteiger partial charge >= 0.3 is 5.97 Å². The molecule has 1 aliphatic rings. The molecule has 1 aliphatic heterocycles. The first-order valence-electron chi connectivity index (χ1n) is 5.27. The fraction of sp³-hybridized carbons (Fsp3) is 0.750. The molecule has 0 amide bonds. The summed E-state index contributed by atoms with van der Waals surface area (Å²) in [6.07, 6.45) is 2.90. The zero-order valence-corrected chi connectivity index (χ0v) is 9.84. The van der Waals surface area contributed by atoms with Gasteiger partial charge in [-0.25, -0.2) is 0 Å². The van der Waals surface area contributed by atoms with Gasteiger partial charge in [-0.1, -0.05) is 26.5 Å². The fourth-order valence-electron chi connectivity index (χ4n) is 1.89. The minimum absolute atomic E-state index is 0.0117. The Kier molecular flexibility index (Phi) is 3.55. The van der Waals surface area contributed by atoms with Crippen molar-refractivity contribution in [3.05, 3.63) is 12.7 Å². The zero-order chi connectivity index (χ0) is 11.5. The van der Waals surface area contributed by atoms with Crippen LogP contribution in [0.3, 0.4) is 0 Å². The van der Waals surface area contributed by atoms with Crippen LogP contribution in [0.2, 0.25) is 0 Å². The van der Waals surface area contributed by atoms with E-state index in [4.69, 9.17) is 9.47 Å². The lowest BCUT2D eigenvalue weighted by Crippen LogP contribution is -2.25. The van der Waals surface area contributed by atoms with Gasteiger partial charge in [0.25, 0.3) is 0 Å². The van der Waals surface area contributed by atoms with Gasteiger partial charge in [0.15, 0.2) is 0 Å². The van der Waals surface area contributed by atoms with E-state index in [-0.39, 0.29) is 17.0 Å². The lowest BCUT2D eigenvalue weighted by Gasteiger charge is -2.25. The Morgan fingerprint density at radius 2 is 2.27 bits per heavy atom. The summed E-state index contributed by atoms with van der Waals surface area (Å²) in [5.74, 6) is -0.163.